The molecule has 1 saturated carbocycles. The van der Waals surface area contributed by atoms with E-state index in [9.17, 15) is 4.79 Å². The first-order valence-corrected chi connectivity index (χ1v) is 9.40. The quantitative estimate of drug-likeness (QED) is 0.827. The average Bonchev–Trinajstić information content (AvgIpc) is 3.22. The largest absolute Gasteiger partial charge is 0.354 e. The van der Waals surface area contributed by atoms with Crippen LogP contribution in [0.15, 0.2) is 12.4 Å². The summed E-state index contributed by atoms with van der Waals surface area (Å²) in [6, 6.07) is 0. The molecular weight excluding hydrogens is 302 g/mol. The normalized spacial score (nSPS) is 24.2. The molecular formula is C18H31N5O. The first kappa shape index (κ1) is 17.4. The Bertz CT molecular complexity index is 549. The summed E-state index contributed by atoms with van der Waals surface area (Å²) >= 11 is 0. The molecule has 1 aliphatic carbocycles. The number of aromatic nitrogens is 2. The van der Waals surface area contributed by atoms with Crippen molar-refractivity contribution < 1.29 is 4.79 Å². The van der Waals surface area contributed by atoms with Crippen LogP contribution in [0.25, 0.3) is 0 Å². The summed E-state index contributed by atoms with van der Waals surface area (Å²) in [6.07, 6.45) is 10.1. The Hall–Kier alpha value is -1.40. The third-order valence-electron chi connectivity index (χ3n) is 5.61. The number of amides is 1. The van der Waals surface area contributed by atoms with Gasteiger partial charge in [-0.2, -0.15) is 0 Å². The van der Waals surface area contributed by atoms with Crippen molar-refractivity contribution in [2.75, 3.05) is 19.6 Å². The van der Waals surface area contributed by atoms with Crippen molar-refractivity contribution in [1.29, 1.82) is 0 Å². The second kappa shape index (κ2) is 7.66. The lowest BCUT2D eigenvalue weighted by Crippen LogP contribution is -2.53. The summed E-state index contributed by atoms with van der Waals surface area (Å²) in [4.78, 5) is 19.3. The fourth-order valence-corrected chi connectivity index (χ4v) is 4.09. The second-order valence-corrected chi connectivity index (χ2v) is 7.45. The van der Waals surface area contributed by atoms with Crippen LogP contribution in [-0.2, 0) is 17.9 Å². The van der Waals surface area contributed by atoms with Gasteiger partial charge in [0.25, 0.3) is 0 Å². The van der Waals surface area contributed by atoms with Gasteiger partial charge in [-0.15, -0.1) is 0 Å². The van der Waals surface area contributed by atoms with E-state index in [1.165, 1.54) is 12.8 Å². The highest BCUT2D eigenvalue weighted by Gasteiger charge is 2.37. The molecule has 0 unspecified atom stereocenters. The predicted molar refractivity (Wildman–Crippen MR) is 94.3 cm³/mol. The zero-order valence-corrected chi connectivity index (χ0v) is 14.8. The number of nitrogens with zero attached hydrogens (tertiary/aromatic N) is 3. The molecule has 6 nitrogen and oxygen atoms in total. The van der Waals surface area contributed by atoms with Crippen molar-refractivity contribution in [1.82, 2.24) is 19.8 Å². The molecule has 1 amide bonds. The van der Waals surface area contributed by atoms with Crippen LogP contribution in [0.5, 0.6) is 0 Å². The van der Waals surface area contributed by atoms with Crippen molar-refractivity contribution in [2.24, 2.45) is 11.7 Å². The molecule has 134 valence electrons. The van der Waals surface area contributed by atoms with Crippen molar-refractivity contribution in [3.8, 4) is 0 Å². The number of nitrogens with two attached hydrogens (primary N) is 1. The first-order chi connectivity index (χ1) is 11.6. The zero-order chi connectivity index (χ0) is 17.0. The fraction of sp³-hybridized carbons (Fsp3) is 0.778. The minimum atomic E-state index is -0.611. The molecule has 3 rings (SSSR count). The van der Waals surface area contributed by atoms with E-state index >= 15 is 0 Å². The van der Waals surface area contributed by atoms with Gasteiger partial charge in [-0.05, 0) is 45.1 Å². The topological polar surface area (TPSA) is 76.2 Å². The van der Waals surface area contributed by atoms with E-state index in [1.54, 1.807) is 0 Å². The molecule has 0 bridgehead atoms. The van der Waals surface area contributed by atoms with Gasteiger partial charge in [0.05, 0.1) is 12.1 Å². The number of aryl methyl sites for hydroxylation is 1. The fourth-order valence-electron chi connectivity index (χ4n) is 4.09. The van der Waals surface area contributed by atoms with E-state index in [4.69, 9.17) is 5.73 Å². The number of rotatable bonds is 6. The molecule has 1 aromatic heterocycles. The number of likely N-dealkylation sites (tertiary alicyclic amines) is 1. The van der Waals surface area contributed by atoms with Crippen LogP contribution in [0, 0.1) is 5.92 Å². The number of nitrogens with one attached hydrogen (secondary N) is 1. The summed E-state index contributed by atoms with van der Waals surface area (Å²) in [5.41, 5.74) is 5.62. The van der Waals surface area contributed by atoms with E-state index in [1.807, 2.05) is 12.4 Å². The van der Waals surface area contributed by atoms with E-state index in [2.05, 4.69) is 26.7 Å². The number of hydrogen-bond acceptors (Lipinski definition) is 4. The van der Waals surface area contributed by atoms with Crippen LogP contribution in [-0.4, -0.2) is 45.5 Å². The number of imidazole rings is 1. The molecule has 6 heteroatoms. The Morgan fingerprint density at radius 3 is 2.96 bits per heavy atom. The third kappa shape index (κ3) is 3.98. The Morgan fingerprint density at radius 2 is 2.21 bits per heavy atom. The lowest BCUT2D eigenvalue weighted by molar-refractivity contribution is -0.126. The minimum absolute atomic E-state index is 0.0543. The Kier molecular flexibility index (Phi) is 5.56. The van der Waals surface area contributed by atoms with E-state index in [-0.39, 0.29) is 5.91 Å². The summed E-state index contributed by atoms with van der Waals surface area (Å²) in [7, 11) is 0. The molecule has 1 saturated heterocycles. The van der Waals surface area contributed by atoms with Gasteiger partial charge in [0.2, 0.25) is 5.91 Å². The maximum absolute atomic E-state index is 12.4. The van der Waals surface area contributed by atoms with Crippen LogP contribution < -0.4 is 11.1 Å². The summed E-state index contributed by atoms with van der Waals surface area (Å²) in [6.45, 7) is 6.88. The maximum atomic E-state index is 12.4. The van der Waals surface area contributed by atoms with Gasteiger partial charge in [0.15, 0.2) is 0 Å². The molecule has 1 aliphatic heterocycles. The van der Waals surface area contributed by atoms with E-state index < -0.39 is 5.54 Å². The number of carbonyl (C=O) groups is 1. The van der Waals surface area contributed by atoms with E-state index in [0.29, 0.717) is 5.92 Å². The molecule has 1 atom stereocenters. The van der Waals surface area contributed by atoms with Gasteiger partial charge < -0.3 is 15.6 Å². The van der Waals surface area contributed by atoms with Gasteiger partial charge in [-0.3, -0.25) is 9.69 Å². The van der Waals surface area contributed by atoms with Crippen LogP contribution >= 0.6 is 0 Å². The standard InChI is InChI=1S/C18H31N5O/c1-2-23-11-9-20-16(23)14-22-10-5-6-15(13-22)12-21-17(24)18(19)7-3-4-8-18/h9,11,15H,2-8,10,12-14,19H2,1H3,(H,21,24)/t15-/m1/s1. The molecule has 0 spiro atoms. The summed E-state index contributed by atoms with van der Waals surface area (Å²) in [5.74, 6) is 1.70. The van der Waals surface area contributed by atoms with Gasteiger partial charge in [0.1, 0.15) is 5.82 Å². The van der Waals surface area contributed by atoms with Gasteiger partial charge >= 0.3 is 0 Å². The molecule has 2 heterocycles. The van der Waals surface area contributed by atoms with Crippen LogP contribution in [0.1, 0.15) is 51.3 Å². The van der Waals surface area contributed by atoms with Gasteiger partial charge in [-0.25, -0.2) is 4.98 Å². The molecule has 0 radical (unpaired) electrons. The SMILES string of the molecule is CCn1ccnc1CN1CCC[C@H](CNC(=O)C2(N)CCCC2)C1. The molecule has 1 aromatic rings. The lowest BCUT2D eigenvalue weighted by Gasteiger charge is -2.33. The lowest BCUT2D eigenvalue weighted by atomic mass is 9.95. The monoisotopic (exact) mass is 333 g/mol. The van der Waals surface area contributed by atoms with Gasteiger partial charge in [-0.1, -0.05) is 12.8 Å². The van der Waals surface area contributed by atoms with Crippen molar-refractivity contribution >= 4 is 5.91 Å². The van der Waals surface area contributed by atoms with Crippen LogP contribution in [0.4, 0.5) is 0 Å². The van der Waals surface area contributed by atoms with Crippen molar-refractivity contribution in [3.05, 3.63) is 18.2 Å². The highest BCUT2D eigenvalue weighted by atomic mass is 16.2. The maximum Gasteiger partial charge on any atom is 0.240 e. The Labute approximate surface area is 144 Å². The first-order valence-electron chi connectivity index (χ1n) is 9.40. The smallest absolute Gasteiger partial charge is 0.240 e. The number of carbonyl (C=O) groups excluding carboxylic acids is 1. The zero-order valence-electron chi connectivity index (χ0n) is 14.8. The molecule has 3 N–H and O–H groups in total. The summed E-state index contributed by atoms with van der Waals surface area (Å²) in [5, 5.41) is 3.13. The molecule has 24 heavy (non-hydrogen) atoms. The van der Waals surface area contributed by atoms with Crippen LogP contribution in [0.3, 0.4) is 0 Å². The summed E-state index contributed by atoms with van der Waals surface area (Å²) < 4.78 is 2.20. The Morgan fingerprint density at radius 1 is 1.42 bits per heavy atom. The molecule has 2 aliphatic rings. The molecule has 0 aromatic carbocycles. The Balaban J connectivity index is 1.48. The average molecular weight is 333 g/mol. The predicted octanol–water partition coefficient (Wildman–Crippen LogP) is 1.50. The number of piperidine rings is 1. The molecule has 2 fully saturated rings. The van der Waals surface area contributed by atoms with Crippen molar-refractivity contribution in [3.63, 3.8) is 0 Å². The van der Waals surface area contributed by atoms with Gasteiger partial charge in [0, 0.05) is 32.0 Å². The number of hydrogen-bond donors (Lipinski definition) is 2. The highest BCUT2D eigenvalue weighted by molar-refractivity contribution is 5.86. The third-order valence-corrected chi connectivity index (χ3v) is 5.61. The minimum Gasteiger partial charge on any atom is -0.354 e. The highest BCUT2D eigenvalue weighted by Crippen LogP contribution is 2.27. The second-order valence-electron chi connectivity index (χ2n) is 7.45. The van der Waals surface area contributed by atoms with Crippen molar-refractivity contribution in [2.45, 2.75) is 64.1 Å². The van der Waals surface area contributed by atoms with E-state index in [0.717, 1.165) is 64.2 Å². The van der Waals surface area contributed by atoms with Crippen LogP contribution in [0.2, 0.25) is 0 Å².